The van der Waals surface area contributed by atoms with E-state index < -0.39 is 0 Å². The van der Waals surface area contributed by atoms with Crippen LogP contribution >= 0.6 is 0 Å². The number of nitriles is 1. The molecule has 0 fully saturated rings. The van der Waals surface area contributed by atoms with Gasteiger partial charge in [0.1, 0.15) is 6.07 Å². The third kappa shape index (κ3) is 4.64. The molecule has 0 amide bonds. The van der Waals surface area contributed by atoms with E-state index in [0.717, 1.165) is 98.8 Å². The van der Waals surface area contributed by atoms with Crippen LogP contribution < -0.4 is 0 Å². The van der Waals surface area contributed by atoms with Crippen LogP contribution in [0.3, 0.4) is 0 Å². The Morgan fingerprint density at radius 1 is 0.429 bits per heavy atom. The number of nitrogens with zero attached hydrogens (tertiary/aromatic N) is 4. The number of aromatic nitrogens is 2. The second-order valence-corrected chi connectivity index (χ2v) is 14.3. The Morgan fingerprint density at radius 3 is 1.45 bits per heavy atom. The van der Waals surface area contributed by atoms with E-state index in [2.05, 4.69) is 178 Å². The molecule has 0 saturated carbocycles. The lowest BCUT2D eigenvalue weighted by Gasteiger charge is -2.19. The minimum absolute atomic E-state index is 0.412. The lowest BCUT2D eigenvalue weighted by atomic mass is 10.0. The molecule has 11 aromatic rings. The summed E-state index contributed by atoms with van der Waals surface area (Å²) in [4.78, 5) is 3.92. The van der Waals surface area contributed by atoms with Crippen molar-refractivity contribution in [2.45, 2.75) is 0 Å². The Hall–Kier alpha value is -7.92. The zero-order chi connectivity index (χ0) is 37.3. The molecule has 4 nitrogen and oxygen atoms in total. The molecule has 0 aliphatic heterocycles. The van der Waals surface area contributed by atoms with Crippen LogP contribution in [0.2, 0.25) is 0 Å². The molecule has 0 bridgehead atoms. The lowest BCUT2D eigenvalue weighted by molar-refractivity contribution is 1.09. The third-order valence-electron chi connectivity index (χ3n) is 11.3. The smallest absolute Gasteiger partial charge is 0.190 e. The molecule has 0 atom stereocenters. The van der Waals surface area contributed by atoms with Crippen LogP contribution in [-0.4, -0.2) is 9.13 Å². The highest BCUT2D eigenvalue weighted by Gasteiger charge is 2.25. The molecular formula is C52H30N4. The zero-order valence-electron chi connectivity index (χ0n) is 30.1. The summed E-state index contributed by atoms with van der Waals surface area (Å²) >= 11 is 0. The SMILES string of the molecule is [C-]#[N+]c1cc(C#N)c(-n2c3ccc(-c4ccccc4)cc3c3c4ccccc4ccc32)c(-n2c3ccc(-c4ccccc4)cc3c3c4ccccc4ccc32)c1. The fourth-order valence-electron chi connectivity index (χ4n) is 8.86. The summed E-state index contributed by atoms with van der Waals surface area (Å²) in [5.74, 6) is 0. The van der Waals surface area contributed by atoms with Gasteiger partial charge < -0.3 is 9.13 Å². The fourth-order valence-corrected chi connectivity index (χ4v) is 8.86. The maximum atomic E-state index is 11.0. The highest BCUT2D eigenvalue weighted by molar-refractivity contribution is 6.24. The number of fused-ring (bicyclic) bond motifs is 10. The van der Waals surface area contributed by atoms with Gasteiger partial charge in [-0.15, -0.1) is 0 Å². The average Bonchev–Trinajstić information content (AvgIpc) is 3.78. The molecule has 4 heteroatoms. The maximum absolute atomic E-state index is 11.0. The maximum Gasteiger partial charge on any atom is 0.190 e. The summed E-state index contributed by atoms with van der Waals surface area (Å²) in [6.45, 7) is 8.20. The molecule has 0 radical (unpaired) electrons. The van der Waals surface area contributed by atoms with Crippen molar-refractivity contribution in [3.05, 3.63) is 199 Å². The number of rotatable bonds is 4. The normalized spacial score (nSPS) is 11.5. The van der Waals surface area contributed by atoms with Gasteiger partial charge in [0, 0.05) is 21.5 Å². The predicted octanol–water partition coefficient (Wildman–Crippen LogP) is 13.9. The van der Waals surface area contributed by atoms with Crippen molar-refractivity contribution in [2.75, 3.05) is 0 Å². The number of hydrogen-bond donors (Lipinski definition) is 0. The standard InChI is InChI=1S/C52H30N4/c1-54-40-28-39(32-53)52(56-46-25-23-38(34-14-6-3-7-15-34)30-44(46)51-42-19-11-9-17-36(42)21-27-48(51)56)49(31-40)55-45-24-22-37(33-12-4-2-5-13-33)29-43(45)50-41-18-10-8-16-35(41)20-26-47(50)55/h2-31H. The number of hydrogen-bond acceptors (Lipinski definition) is 1. The van der Waals surface area contributed by atoms with Crippen LogP contribution in [0.25, 0.3) is 104 Å². The van der Waals surface area contributed by atoms with Gasteiger partial charge in [0.2, 0.25) is 0 Å². The van der Waals surface area contributed by atoms with Gasteiger partial charge in [-0.3, -0.25) is 0 Å². The van der Waals surface area contributed by atoms with Crippen LogP contribution in [-0.2, 0) is 0 Å². The van der Waals surface area contributed by atoms with Crippen LogP contribution in [0.15, 0.2) is 182 Å². The quantitative estimate of drug-likeness (QED) is 0.168. The first-order chi connectivity index (χ1) is 27.7. The van der Waals surface area contributed by atoms with Crippen molar-refractivity contribution in [1.82, 2.24) is 9.13 Å². The molecule has 11 rings (SSSR count). The molecule has 2 aromatic heterocycles. The monoisotopic (exact) mass is 710 g/mol. The molecular weight excluding hydrogens is 681 g/mol. The Labute approximate surface area is 322 Å². The van der Waals surface area contributed by atoms with Gasteiger partial charge in [0.15, 0.2) is 5.69 Å². The summed E-state index contributed by atoms with van der Waals surface area (Å²) in [7, 11) is 0. The van der Waals surface area contributed by atoms with Gasteiger partial charge in [-0.25, -0.2) is 4.85 Å². The third-order valence-corrected chi connectivity index (χ3v) is 11.3. The van der Waals surface area contributed by atoms with E-state index in [0.29, 0.717) is 11.3 Å². The largest absolute Gasteiger partial charge is 0.308 e. The molecule has 0 unspecified atom stereocenters. The molecule has 56 heavy (non-hydrogen) atoms. The fraction of sp³-hybridized carbons (Fsp3) is 0. The van der Waals surface area contributed by atoms with E-state index in [1.165, 1.54) is 0 Å². The van der Waals surface area contributed by atoms with Gasteiger partial charge in [-0.2, -0.15) is 5.26 Å². The molecule has 9 aromatic carbocycles. The average molecular weight is 711 g/mol. The number of benzene rings is 9. The zero-order valence-corrected chi connectivity index (χ0v) is 30.1. The van der Waals surface area contributed by atoms with Gasteiger partial charge in [0.25, 0.3) is 0 Å². The van der Waals surface area contributed by atoms with E-state index in [9.17, 15) is 5.26 Å². The van der Waals surface area contributed by atoms with Gasteiger partial charge in [0.05, 0.1) is 45.6 Å². The molecule has 0 spiro atoms. The van der Waals surface area contributed by atoms with Crippen molar-refractivity contribution >= 4 is 70.8 Å². The van der Waals surface area contributed by atoms with Crippen LogP contribution in [0.1, 0.15) is 5.56 Å². The predicted molar refractivity (Wildman–Crippen MR) is 232 cm³/mol. The highest BCUT2D eigenvalue weighted by atomic mass is 15.1. The first-order valence-electron chi connectivity index (χ1n) is 18.7. The van der Waals surface area contributed by atoms with Crippen LogP contribution in [0, 0.1) is 17.9 Å². The van der Waals surface area contributed by atoms with E-state index in [4.69, 9.17) is 6.57 Å². The summed E-state index contributed by atoms with van der Waals surface area (Å²) in [5.41, 5.74) is 10.9. The summed E-state index contributed by atoms with van der Waals surface area (Å²) in [6, 6.07) is 66.2. The minimum Gasteiger partial charge on any atom is -0.308 e. The molecule has 0 saturated heterocycles. The summed E-state index contributed by atoms with van der Waals surface area (Å²) in [5, 5.41) is 20.1. The summed E-state index contributed by atoms with van der Waals surface area (Å²) < 4.78 is 4.53. The minimum atomic E-state index is 0.412. The topological polar surface area (TPSA) is 38.0 Å². The van der Waals surface area contributed by atoms with E-state index >= 15 is 0 Å². The van der Waals surface area contributed by atoms with Crippen molar-refractivity contribution in [3.8, 4) is 39.7 Å². The van der Waals surface area contributed by atoms with E-state index in [-0.39, 0.29) is 0 Å². The Bertz CT molecular complexity index is 3480. The second-order valence-electron chi connectivity index (χ2n) is 14.3. The Kier molecular flexibility index (Phi) is 6.95. The van der Waals surface area contributed by atoms with Crippen molar-refractivity contribution in [2.24, 2.45) is 0 Å². The lowest BCUT2D eigenvalue weighted by Crippen LogP contribution is -2.06. The molecule has 0 aliphatic carbocycles. The molecule has 258 valence electrons. The molecule has 2 heterocycles. The van der Waals surface area contributed by atoms with Gasteiger partial charge in [-0.1, -0.05) is 133 Å². The summed E-state index contributed by atoms with van der Waals surface area (Å²) in [6.07, 6.45) is 0. The first kappa shape index (κ1) is 31.6. The van der Waals surface area contributed by atoms with Crippen molar-refractivity contribution in [1.29, 1.82) is 5.26 Å². The van der Waals surface area contributed by atoms with Crippen LogP contribution in [0.5, 0.6) is 0 Å². The van der Waals surface area contributed by atoms with Gasteiger partial charge >= 0.3 is 0 Å². The molecule has 0 aliphatic rings. The first-order valence-corrected chi connectivity index (χ1v) is 18.7. The molecule has 0 N–H and O–H groups in total. The van der Waals surface area contributed by atoms with Crippen molar-refractivity contribution in [3.63, 3.8) is 0 Å². The van der Waals surface area contributed by atoms with Crippen LogP contribution in [0.4, 0.5) is 5.69 Å². The van der Waals surface area contributed by atoms with E-state index in [1.54, 1.807) is 6.07 Å². The Balaban J connectivity index is 1.31. The van der Waals surface area contributed by atoms with Gasteiger partial charge in [-0.05, 0) is 92.3 Å². The van der Waals surface area contributed by atoms with E-state index in [1.807, 2.05) is 18.2 Å². The van der Waals surface area contributed by atoms with Crippen molar-refractivity contribution < 1.29 is 0 Å². The second kappa shape index (κ2) is 12.3. The highest BCUT2D eigenvalue weighted by Crippen LogP contribution is 2.45. The Morgan fingerprint density at radius 2 is 0.911 bits per heavy atom.